The Bertz CT molecular complexity index is 445. The highest BCUT2D eigenvalue weighted by molar-refractivity contribution is 6.00. The summed E-state index contributed by atoms with van der Waals surface area (Å²) in [5, 5.41) is 0. The van der Waals surface area contributed by atoms with Crippen LogP contribution in [-0.2, 0) is 0 Å². The second-order valence-corrected chi connectivity index (χ2v) is 6.15. The minimum absolute atomic E-state index is 0.199. The predicted molar refractivity (Wildman–Crippen MR) is 86.9 cm³/mol. The zero-order chi connectivity index (χ0) is 15.1. The first-order chi connectivity index (χ1) is 10.3. The summed E-state index contributed by atoms with van der Waals surface area (Å²) < 4.78 is 5.60. The molecular formula is C19H28O2. The second kappa shape index (κ2) is 8.21. The van der Waals surface area contributed by atoms with Gasteiger partial charge in [0.05, 0.1) is 12.2 Å². The van der Waals surface area contributed by atoms with Crippen molar-refractivity contribution < 1.29 is 9.53 Å². The molecular weight excluding hydrogens is 260 g/mol. The number of para-hydroxylation sites is 1. The van der Waals surface area contributed by atoms with Gasteiger partial charge >= 0.3 is 0 Å². The Kier molecular flexibility index (Phi) is 6.28. The lowest BCUT2D eigenvalue weighted by molar-refractivity contribution is 0.0865. The van der Waals surface area contributed by atoms with Crippen LogP contribution in [0.25, 0.3) is 0 Å². The van der Waals surface area contributed by atoms with Crippen LogP contribution in [0.5, 0.6) is 5.75 Å². The number of ketones is 1. The Hall–Kier alpha value is -1.31. The van der Waals surface area contributed by atoms with E-state index in [1.165, 1.54) is 32.1 Å². The molecule has 1 aromatic carbocycles. The van der Waals surface area contributed by atoms with E-state index in [1.54, 1.807) is 0 Å². The number of ether oxygens (including phenoxy) is 1. The summed E-state index contributed by atoms with van der Waals surface area (Å²) in [6.07, 6.45) is 8.48. The van der Waals surface area contributed by atoms with Crippen molar-refractivity contribution in [2.75, 3.05) is 6.61 Å². The monoisotopic (exact) mass is 288 g/mol. The quantitative estimate of drug-likeness (QED) is 0.639. The fraction of sp³-hybridized carbons (Fsp3) is 0.632. The molecule has 1 aliphatic carbocycles. The molecule has 2 heteroatoms. The van der Waals surface area contributed by atoms with Crippen LogP contribution in [0.2, 0.25) is 0 Å². The van der Waals surface area contributed by atoms with Gasteiger partial charge in [0.1, 0.15) is 5.75 Å². The third-order valence-corrected chi connectivity index (χ3v) is 4.64. The van der Waals surface area contributed by atoms with Gasteiger partial charge in [-0.2, -0.15) is 0 Å². The van der Waals surface area contributed by atoms with Gasteiger partial charge in [-0.25, -0.2) is 0 Å². The number of unbranched alkanes of at least 4 members (excludes halogenated alkanes) is 1. The van der Waals surface area contributed by atoms with Crippen molar-refractivity contribution in [1.29, 1.82) is 0 Å². The summed E-state index contributed by atoms with van der Waals surface area (Å²) in [5.74, 6) is 2.08. The third kappa shape index (κ3) is 4.33. The minimum Gasteiger partial charge on any atom is -0.493 e. The maximum atomic E-state index is 12.7. The summed E-state index contributed by atoms with van der Waals surface area (Å²) in [6, 6.07) is 7.69. The van der Waals surface area contributed by atoms with Crippen molar-refractivity contribution >= 4 is 5.78 Å². The summed E-state index contributed by atoms with van der Waals surface area (Å²) in [7, 11) is 0. The van der Waals surface area contributed by atoms with Crippen LogP contribution in [0.15, 0.2) is 24.3 Å². The summed E-state index contributed by atoms with van der Waals surface area (Å²) in [6.45, 7) is 4.81. The molecule has 1 aliphatic rings. The Labute approximate surface area is 128 Å². The second-order valence-electron chi connectivity index (χ2n) is 6.15. The van der Waals surface area contributed by atoms with Gasteiger partial charge in [-0.05, 0) is 50.7 Å². The summed E-state index contributed by atoms with van der Waals surface area (Å²) in [5.41, 5.74) is 0.774. The van der Waals surface area contributed by atoms with E-state index in [1.807, 2.05) is 31.2 Å². The molecule has 21 heavy (non-hydrogen) atoms. The molecule has 2 rings (SSSR count). The number of carbonyl (C=O) groups is 1. The van der Waals surface area contributed by atoms with Gasteiger partial charge < -0.3 is 4.74 Å². The molecule has 116 valence electrons. The Morgan fingerprint density at radius 3 is 2.52 bits per heavy atom. The number of Topliss-reactive ketones (excluding diaryl/α,β-unsaturated/α-hetero) is 1. The van der Waals surface area contributed by atoms with E-state index in [0.29, 0.717) is 6.61 Å². The average molecular weight is 288 g/mol. The van der Waals surface area contributed by atoms with Crippen molar-refractivity contribution in [2.24, 2.45) is 11.8 Å². The van der Waals surface area contributed by atoms with E-state index in [2.05, 4.69) is 6.92 Å². The molecule has 0 atom stereocenters. The van der Waals surface area contributed by atoms with Crippen LogP contribution in [0.3, 0.4) is 0 Å². The highest BCUT2D eigenvalue weighted by Crippen LogP contribution is 2.35. The lowest BCUT2D eigenvalue weighted by atomic mass is 9.77. The van der Waals surface area contributed by atoms with Crippen LogP contribution in [0, 0.1) is 11.8 Å². The largest absolute Gasteiger partial charge is 0.493 e. The van der Waals surface area contributed by atoms with Gasteiger partial charge in [0.25, 0.3) is 0 Å². The number of rotatable bonds is 7. The van der Waals surface area contributed by atoms with Gasteiger partial charge in [0.15, 0.2) is 5.78 Å². The van der Waals surface area contributed by atoms with Gasteiger partial charge in [0, 0.05) is 5.92 Å². The van der Waals surface area contributed by atoms with Crippen molar-refractivity contribution in [3.05, 3.63) is 29.8 Å². The molecule has 0 N–H and O–H groups in total. The summed E-state index contributed by atoms with van der Waals surface area (Å²) >= 11 is 0. The fourth-order valence-electron chi connectivity index (χ4n) is 3.38. The average Bonchev–Trinajstić information content (AvgIpc) is 2.53. The van der Waals surface area contributed by atoms with Gasteiger partial charge in [-0.1, -0.05) is 38.3 Å². The number of carbonyl (C=O) groups excluding carboxylic acids is 1. The predicted octanol–water partition coefficient (Wildman–Crippen LogP) is 5.26. The van der Waals surface area contributed by atoms with Crippen molar-refractivity contribution in [1.82, 2.24) is 0 Å². The SMILES string of the molecule is CCCCC1CCC(C(=O)c2ccccc2OCC)CC1. The van der Waals surface area contributed by atoms with Crippen LogP contribution >= 0.6 is 0 Å². The minimum atomic E-state index is 0.199. The molecule has 0 unspecified atom stereocenters. The van der Waals surface area contributed by atoms with Crippen molar-refractivity contribution in [3.8, 4) is 5.75 Å². The Morgan fingerprint density at radius 2 is 1.86 bits per heavy atom. The van der Waals surface area contributed by atoms with E-state index >= 15 is 0 Å². The van der Waals surface area contributed by atoms with E-state index in [-0.39, 0.29) is 11.7 Å². The third-order valence-electron chi connectivity index (χ3n) is 4.64. The molecule has 0 aliphatic heterocycles. The molecule has 0 amide bonds. The van der Waals surface area contributed by atoms with E-state index in [9.17, 15) is 4.79 Å². The molecule has 0 radical (unpaired) electrons. The zero-order valence-corrected chi connectivity index (χ0v) is 13.4. The van der Waals surface area contributed by atoms with Gasteiger partial charge in [-0.3, -0.25) is 4.79 Å². The first-order valence-electron chi connectivity index (χ1n) is 8.52. The van der Waals surface area contributed by atoms with Crippen LogP contribution in [0.4, 0.5) is 0 Å². The van der Waals surface area contributed by atoms with Crippen LogP contribution in [0.1, 0.15) is 69.2 Å². The molecule has 1 aromatic rings. The van der Waals surface area contributed by atoms with E-state index in [0.717, 1.165) is 30.1 Å². The molecule has 2 nitrogen and oxygen atoms in total. The Morgan fingerprint density at radius 1 is 1.14 bits per heavy atom. The number of hydrogen-bond donors (Lipinski definition) is 0. The normalized spacial score (nSPS) is 22.0. The highest BCUT2D eigenvalue weighted by atomic mass is 16.5. The lowest BCUT2D eigenvalue weighted by Crippen LogP contribution is -2.22. The Balaban J connectivity index is 1.96. The molecule has 0 spiro atoms. The smallest absolute Gasteiger partial charge is 0.169 e. The van der Waals surface area contributed by atoms with Gasteiger partial charge in [0.2, 0.25) is 0 Å². The van der Waals surface area contributed by atoms with Crippen molar-refractivity contribution in [2.45, 2.75) is 58.8 Å². The topological polar surface area (TPSA) is 26.3 Å². The van der Waals surface area contributed by atoms with Crippen LogP contribution < -0.4 is 4.74 Å². The van der Waals surface area contributed by atoms with E-state index in [4.69, 9.17) is 4.74 Å². The molecule has 1 fully saturated rings. The van der Waals surface area contributed by atoms with E-state index < -0.39 is 0 Å². The van der Waals surface area contributed by atoms with Crippen molar-refractivity contribution in [3.63, 3.8) is 0 Å². The molecule has 0 saturated heterocycles. The molecule has 0 heterocycles. The first kappa shape index (κ1) is 16.1. The highest BCUT2D eigenvalue weighted by Gasteiger charge is 2.28. The summed E-state index contributed by atoms with van der Waals surface area (Å²) in [4.78, 5) is 12.7. The van der Waals surface area contributed by atoms with Crippen LogP contribution in [-0.4, -0.2) is 12.4 Å². The zero-order valence-electron chi connectivity index (χ0n) is 13.4. The first-order valence-corrected chi connectivity index (χ1v) is 8.52. The standard InChI is InChI=1S/C19H28O2/c1-3-5-8-15-11-13-16(14-12-15)19(20)17-9-6-7-10-18(17)21-4-2/h6-7,9-10,15-16H,3-5,8,11-14H2,1-2H3. The molecule has 0 bridgehead atoms. The fourth-order valence-corrected chi connectivity index (χ4v) is 3.38. The maximum Gasteiger partial charge on any atom is 0.169 e. The number of hydrogen-bond acceptors (Lipinski definition) is 2. The lowest BCUT2D eigenvalue weighted by Gasteiger charge is -2.28. The van der Waals surface area contributed by atoms with Gasteiger partial charge in [-0.15, -0.1) is 0 Å². The maximum absolute atomic E-state index is 12.7. The molecule has 0 aromatic heterocycles. The molecule has 1 saturated carbocycles. The number of benzene rings is 1.